The van der Waals surface area contributed by atoms with Crippen LogP contribution in [0.2, 0.25) is 0 Å². The Balaban J connectivity index is 1.57. The first-order valence-corrected chi connectivity index (χ1v) is 6.33. The van der Waals surface area contributed by atoms with E-state index in [2.05, 4.69) is 5.32 Å². The summed E-state index contributed by atoms with van der Waals surface area (Å²) in [7, 11) is 0. The van der Waals surface area contributed by atoms with Gasteiger partial charge in [0.2, 0.25) is 0 Å². The Morgan fingerprint density at radius 1 is 1.07 bits per heavy atom. The van der Waals surface area contributed by atoms with Gasteiger partial charge in [0.15, 0.2) is 0 Å². The van der Waals surface area contributed by atoms with Crippen LogP contribution in [0.15, 0.2) is 0 Å². The average Bonchev–Trinajstić information content (AvgIpc) is 2.66. The first-order chi connectivity index (χ1) is 7.36. The van der Waals surface area contributed by atoms with E-state index >= 15 is 0 Å². The first-order valence-electron chi connectivity index (χ1n) is 6.33. The van der Waals surface area contributed by atoms with Gasteiger partial charge in [-0.3, -0.25) is 0 Å². The van der Waals surface area contributed by atoms with Crippen LogP contribution >= 0.6 is 0 Å². The number of aliphatic hydroxyl groups is 1. The molecule has 0 aromatic heterocycles. The van der Waals surface area contributed by atoms with Gasteiger partial charge in [0, 0.05) is 19.8 Å². The zero-order valence-electron chi connectivity index (χ0n) is 9.45. The van der Waals surface area contributed by atoms with Crippen LogP contribution in [0.4, 0.5) is 0 Å². The van der Waals surface area contributed by atoms with Gasteiger partial charge < -0.3 is 15.2 Å². The molecule has 2 N–H and O–H groups in total. The Kier molecular flexibility index (Phi) is 4.42. The van der Waals surface area contributed by atoms with Gasteiger partial charge in [-0.2, -0.15) is 0 Å². The summed E-state index contributed by atoms with van der Waals surface area (Å²) in [6, 6.07) is 0. The van der Waals surface area contributed by atoms with Crippen LogP contribution in [-0.4, -0.2) is 37.5 Å². The molecule has 2 aliphatic rings. The minimum atomic E-state index is -0.0489. The van der Waals surface area contributed by atoms with Crippen molar-refractivity contribution in [1.82, 2.24) is 5.32 Å². The van der Waals surface area contributed by atoms with E-state index < -0.39 is 0 Å². The molecule has 0 aromatic rings. The fourth-order valence-corrected chi connectivity index (χ4v) is 2.68. The van der Waals surface area contributed by atoms with E-state index in [1.165, 1.54) is 25.7 Å². The molecule has 3 heteroatoms. The third-order valence-corrected chi connectivity index (χ3v) is 3.80. The van der Waals surface area contributed by atoms with Crippen LogP contribution in [0.25, 0.3) is 0 Å². The van der Waals surface area contributed by atoms with Crippen LogP contribution in [0, 0.1) is 11.8 Å². The highest BCUT2D eigenvalue weighted by atomic mass is 16.5. The molecule has 2 rings (SSSR count). The summed E-state index contributed by atoms with van der Waals surface area (Å²) in [4.78, 5) is 0. The Morgan fingerprint density at radius 3 is 2.53 bits per heavy atom. The predicted octanol–water partition coefficient (Wildman–Crippen LogP) is 1.16. The maximum absolute atomic E-state index is 9.67. The summed E-state index contributed by atoms with van der Waals surface area (Å²) in [5, 5.41) is 13.2. The Morgan fingerprint density at radius 2 is 1.87 bits per heavy atom. The molecule has 1 aliphatic heterocycles. The van der Waals surface area contributed by atoms with Crippen molar-refractivity contribution in [3.8, 4) is 0 Å². The number of hydrogen-bond acceptors (Lipinski definition) is 3. The molecule has 0 radical (unpaired) electrons. The van der Waals surface area contributed by atoms with Crippen LogP contribution in [0.1, 0.15) is 32.1 Å². The maximum Gasteiger partial charge on any atom is 0.0580 e. The van der Waals surface area contributed by atoms with E-state index in [0.29, 0.717) is 5.92 Å². The highest BCUT2D eigenvalue weighted by Gasteiger charge is 2.24. The minimum absolute atomic E-state index is 0.0489. The Hall–Kier alpha value is -0.120. The molecule has 0 amide bonds. The molecule has 1 aliphatic carbocycles. The van der Waals surface area contributed by atoms with Gasteiger partial charge >= 0.3 is 0 Å². The molecule has 1 heterocycles. The van der Waals surface area contributed by atoms with Gasteiger partial charge in [-0.1, -0.05) is 6.42 Å². The topological polar surface area (TPSA) is 41.5 Å². The third-order valence-electron chi connectivity index (χ3n) is 3.80. The van der Waals surface area contributed by atoms with Crippen molar-refractivity contribution >= 4 is 0 Å². The monoisotopic (exact) mass is 213 g/mol. The Labute approximate surface area is 92.2 Å². The second-order valence-corrected chi connectivity index (χ2v) is 4.97. The largest absolute Gasteiger partial charge is 0.393 e. The Bertz CT molecular complexity index is 180. The lowest BCUT2D eigenvalue weighted by atomic mass is 9.99. The molecular weight excluding hydrogens is 190 g/mol. The molecule has 0 spiro atoms. The lowest BCUT2D eigenvalue weighted by molar-refractivity contribution is 0.0650. The summed E-state index contributed by atoms with van der Waals surface area (Å²) in [5.74, 6) is 1.29. The molecule has 1 saturated heterocycles. The highest BCUT2D eigenvalue weighted by Crippen LogP contribution is 2.24. The summed E-state index contributed by atoms with van der Waals surface area (Å²) >= 11 is 0. The standard InChI is InChI=1S/C12H23NO2/c14-12-3-1-2-11(12)9-13-8-10-4-6-15-7-5-10/h10-14H,1-9H2. The van der Waals surface area contributed by atoms with Crippen molar-refractivity contribution in [3.05, 3.63) is 0 Å². The van der Waals surface area contributed by atoms with Crippen LogP contribution in [0.3, 0.4) is 0 Å². The molecule has 2 atom stereocenters. The summed E-state index contributed by atoms with van der Waals surface area (Å²) in [6.45, 7) is 3.96. The van der Waals surface area contributed by atoms with E-state index in [-0.39, 0.29) is 6.10 Å². The second-order valence-electron chi connectivity index (χ2n) is 4.97. The second kappa shape index (κ2) is 5.83. The molecule has 2 unspecified atom stereocenters. The fourth-order valence-electron chi connectivity index (χ4n) is 2.68. The molecule has 0 aromatic carbocycles. The van der Waals surface area contributed by atoms with E-state index in [0.717, 1.165) is 38.6 Å². The fraction of sp³-hybridized carbons (Fsp3) is 1.00. The zero-order valence-corrected chi connectivity index (χ0v) is 9.45. The van der Waals surface area contributed by atoms with Crippen molar-refractivity contribution in [2.24, 2.45) is 11.8 Å². The van der Waals surface area contributed by atoms with Gasteiger partial charge in [-0.25, -0.2) is 0 Å². The summed E-state index contributed by atoms with van der Waals surface area (Å²) in [6.07, 6.45) is 5.74. The van der Waals surface area contributed by atoms with Gasteiger partial charge in [0.1, 0.15) is 0 Å². The normalized spacial score (nSPS) is 33.4. The van der Waals surface area contributed by atoms with Crippen LogP contribution in [0.5, 0.6) is 0 Å². The van der Waals surface area contributed by atoms with Crippen LogP contribution < -0.4 is 5.32 Å². The first kappa shape index (κ1) is 11.4. The molecule has 3 nitrogen and oxygen atoms in total. The summed E-state index contributed by atoms with van der Waals surface area (Å²) in [5.41, 5.74) is 0. The lowest BCUT2D eigenvalue weighted by Crippen LogP contribution is -2.33. The lowest BCUT2D eigenvalue weighted by Gasteiger charge is -2.23. The van der Waals surface area contributed by atoms with Crippen molar-refractivity contribution in [2.45, 2.75) is 38.2 Å². The number of ether oxygens (including phenoxy) is 1. The quantitative estimate of drug-likeness (QED) is 0.736. The zero-order chi connectivity index (χ0) is 10.5. The van der Waals surface area contributed by atoms with E-state index in [1.807, 2.05) is 0 Å². The molecule has 1 saturated carbocycles. The summed E-state index contributed by atoms with van der Waals surface area (Å²) < 4.78 is 5.33. The third kappa shape index (κ3) is 3.44. The molecule has 0 bridgehead atoms. The van der Waals surface area contributed by atoms with Gasteiger partial charge in [-0.05, 0) is 44.1 Å². The SMILES string of the molecule is OC1CCCC1CNCC1CCOCC1. The van der Waals surface area contributed by atoms with E-state index in [1.54, 1.807) is 0 Å². The van der Waals surface area contributed by atoms with E-state index in [4.69, 9.17) is 4.74 Å². The number of rotatable bonds is 4. The van der Waals surface area contributed by atoms with Crippen molar-refractivity contribution in [2.75, 3.05) is 26.3 Å². The number of hydrogen-bond donors (Lipinski definition) is 2. The van der Waals surface area contributed by atoms with Crippen molar-refractivity contribution in [3.63, 3.8) is 0 Å². The highest BCUT2D eigenvalue weighted by molar-refractivity contribution is 4.78. The molecule has 2 fully saturated rings. The minimum Gasteiger partial charge on any atom is -0.393 e. The van der Waals surface area contributed by atoms with Crippen molar-refractivity contribution < 1.29 is 9.84 Å². The van der Waals surface area contributed by atoms with E-state index in [9.17, 15) is 5.11 Å². The molecular formula is C12H23NO2. The predicted molar refractivity (Wildman–Crippen MR) is 59.8 cm³/mol. The average molecular weight is 213 g/mol. The van der Waals surface area contributed by atoms with Gasteiger partial charge in [-0.15, -0.1) is 0 Å². The number of aliphatic hydroxyl groups excluding tert-OH is 1. The van der Waals surface area contributed by atoms with Gasteiger partial charge in [0.25, 0.3) is 0 Å². The number of nitrogens with one attached hydrogen (secondary N) is 1. The van der Waals surface area contributed by atoms with Crippen molar-refractivity contribution in [1.29, 1.82) is 0 Å². The van der Waals surface area contributed by atoms with Gasteiger partial charge in [0.05, 0.1) is 6.10 Å². The molecule has 15 heavy (non-hydrogen) atoms. The van der Waals surface area contributed by atoms with Crippen LogP contribution in [-0.2, 0) is 4.74 Å². The smallest absolute Gasteiger partial charge is 0.0580 e. The molecule has 88 valence electrons. The maximum atomic E-state index is 9.67.